The molecule has 2 aliphatic rings. The molecular formula is C13H18FN3O2S. The number of nitrogens with zero attached hydrogens (tertiary/aromatic N) is 1. The molecule has 3 rings (SSSR count). The third kappa shape index (κ3) is 2.65. The van der Waals surface area contributed by atoms with Crippen LogP contribution in [0.15, 0.2) is 23.1 Å². The van der Waals surface area contributed by atoms with Gasteiger partial charge in [0.1, 0.15) is 5.82 Å². The van der Waals surface area contributed by atoms with E-state index >= 15 is 0 Å². The Morgan fingerprint density at radius 2 is 2.00 bits per heavy atom. The van der Waals surface area contributed by atoms with Crippen LogP contribution in [0, 0.1) is 5.82 Å². The third-order valence-corrected chi connectivity index (χ3v) is 5.02. The van der Waals surface area contributed by atoms with Crippen LogP contribution in [0.3, 0.4) is 0 Å². The van der Waals surface area contributed by atoms with Gasteiger partial charge in [0.2, 0.25) is 10.0 Å². The molecule has 0 radical (unpaired) electrons. The van der Waals surface area contributed by atoms with E-state index < -0.39 is 15.8 Å². The average molecular weight is 299 g/mol. The van der Waals surface area contributed by atoms with Crippen molar-refractivity contribution in [2.75, 3.05) is 18.0 Å². The molecule has 0 aromatic heterocycles. The first-order valence-corrected chi connectivity index (χ1v) is 8.31. The fourth-order valence-corrected chi connectivity index (χ4v) is 3.61. The Labute approximate surface area is 118 Å². The largest absolute Gasteiger partial charge is 0.368 e. The minimum Gasteiger partial charge on any atom is -0.368 e. The molecule has 20 heavy (non-hydrogen) atoms. The first-order chi connectivity index (χ1) is 9.43. The number of hydrogen-bond donors (Lipinski definition) is 2. The number of halogens is 1. The summed E-state index contributed by atoms with van der Waals surface area (Å²) < 4.78 is 36.6. The number of sulfonamides is 1. The molecule has 1 aromatic carbocycles. The van der Waals surface area contributed by atoms with E-state index in [0.29, 0.717) is 17.8 Å². The lowest BCUT2D eigenvalue weighted by Crippen LogP contribution is -2.35. The standard InChI is InChI=1S/C13H18FN3O2S/c14-12-7-11(20(15,18)19)3-4-13(12)17-6-5-9-1-2-10(8-17)16-9/h3-4,7,9-10,16H,1-2,5-6,8H2,(H2,15,18,19). The van der Waals surface area contributed by atoms with Crippen LogP contribution in [-0.4, -0.2) is 33.6 Å². The van der Waals surface area contributed by atoms with E-state index in [1.807, 2.05) is 4.90 Å². The average Bonchev–Trinajstić information content (AvgIpc) is 2.69. The molecule has 0 spiro atoms. The van der Waals surface area contributed by atoms with Crippen molar-refractivity contribution in [3.05, 3.63) is 24.0 Å². The van der Waals surface area contributed by atoms with E-state index in [-0.39, 0.29) is 4.90 Å². The quantitative estimate of drug-likeness (QED) is 0.847. The lowest BCUT2D eigenvalue weighted by atomic mass is 10.1. The molecule has 2 atom stereocenters. The fourth-order valence-electron chi connectivity index (χ4n) is 3.08. The molecule has 1 aromatic rings. The molecule has 2 fully saturated rings. The van der Waals surface area contributed by atoms with Crippen molar-refractivity contribution < 1.29 is 12.8 Å². The number of fused-ring (bicyclic) bond motifs is 2. The maximum Gasteiger partial charge on any atom is 0.238 e. The molecule has 7 heteroatoms. The maximum atomic E-state index is 14.2. The minimum absolute atomic E-state index is 0.187. The predicted molar refractivity (Wildman–Crippen MR) is 74.5 cm³/mol. The normalized spacial score (nSPS) is 26.6. The van der Waals surface area contributed by atoms with Crippen molar-refractivity contribution in [3.63, 3.8) is 0 Å². The lowest BCUT2D eigenvalue weighted by molar-refractivity contribution is 0.563. The molecule has 2 saturated heterocycles. The molecule has 0 aliphatic carbocycles. The Morgan fingerprint density at radius 3 is 2.70 bits per heavy atom. The number of nitrogens with two attached hydrogens (primary N) is 1. The van der Waals surface area contributed by atoms with E-state index in [2.05, 4.69) is 5.32 Å². The zero-order valence-corrected chi connectivity index (χ0v) is 11.9. The molecule has 2 unspecified atom stereocenters. The van der Waals surface area contributed by atoms with Gasteiger partial charge in [-0.15, -0.1) is 0 Å². The molecule has 2 aliphatic heterocycles. The molecule has 0 saturated carbocycles. The Kier molecular flexibility index (Phi) is 3.43. The van der Waals surface area contributed by atoms with Crippen LogP contribution >= 0.6 is 0 Å². The Bertz CT molecular complexity index is 620. The van der Waals surface area contributed by atoms with Crippen LogP contribution in [0.4, 0.5) is 10.1 Å². The van der Waals surface area contributed by atoms with Crippen LogP contribution in [0.25, 0.3) is 0 Å². The topological polar surface area (TPSA) is 75.4 Å². The van der Waals surface area contributed by atoms with Gasteiger partial charge in [0, 0.05) is 25.2 Å². The monoisotopic (exact) mass is 299 g/mol. The van der Waals surface area contributed by atoms with Crippen LogP contribution in [0.2, 0.25) is 0 Å². The molecule has 2 heterocycles. The van der Waals surface area contributed by atoms with E-state index in [1.54, 1.807) is 0 Å². The zero-order valence-electron chi connectivity index (χ0n) is 11.0. The van der Waals surface area contributed by atoms with Crippen LogP contribution in [-0.2, 0) is 10.0 Å². The van der Waals surface area contributed by atoms with Gasteiger partial charge in [-0.3, -0.25) is 0 Å². The third-order valence-electron chi connectivity index (χ3n) is 4.11. The zero-order chi connectivity index (χ0) is 14.3. The molecule has 2 bridgehead atoms. The van der Waals surface area contributed by atoms with Gasteiger partial charge in [0.25, 0.3) is 0 Å². The number of primary sulfonamides is 1. The van der Waals surface area contributed by atoms with Gasteiger partial charge in [-0.25, -0.2) is 17.9 Å². The highest BCUT2D eigenvalue weighted by Gasteiger charge is 2.30. The molecule has 3 N–H and O–H groups in total. The van der Waals surface area contributed by atoms with Crippen molar-refractivity contribution in [1.29, 1.82) is 0 Å². The summed E-state index contributed by atoms with van der Waals surface area (Å²) in [6.45, 7) is 1.53. The number of hydrogen-bond acceptors (Lipinski definition) is 4. The van der Waals surface area contributed by atoms with Crippen LogP contribution in [0.1, 0.15) is 19.3 Å². The second-order valence-electron chi connectivity index (χ2n) is 5.53. The molecule has 110 valence electrons. The highest BCUT2D eigenvalue weighted by Crippen LogP contribution is 2.27. The van der Waals surface area contributed by atoms with Gasteiger partial charge in [-0.05, 0) is 37.5 Å². The smallest absolute Gasteiger partial charge is 0.238 e. The first-order valence-electron chi connectivity index (χ1n) is 6.77. The summed E-state index contributed by atoms with van der Waals surface area (Å²) >= 11 is 0. The van der Waals surface area contributed by atoms with E-state index in [0.717, 1.165) is 32.0 Å². The lowest BCUT2D eigenvalue weighted by Gasteiger charge is -2.26. The summed E-state index contributed by atoms with van der Waals surface area (Å²) in [6.07, 6.45) is 3.27. The van der Waals surface area contributed by atoms with Crippen LogP contribution in [0.5, 0.6) is 0 Å². The number of anilines is 1. The Hall–Kier alpha value is -1.18. The maximum absolute atomic E-state index is 14.2. The number of benzene rings is 1. The molecule has 5 nitrogen and oxygen atoms in total. The highest BCUT2D eigenvalue weighted by atomic mass is 32.2. The van der Waals surface area contributed by atoms with Crippen LogP contribution < -0.4 is 15.4 Å². The summed E-state index contributed by atoms with van der Waals surface area (Å²) in [5, 5.41) is 8.54. The van der Waals surface area contributed by atoms with Gasteiger partial charge < -0.3 is 10.2 Å². The van der Waals surface area contributed by atoms with E-state index in [9.17, 15) is 12.8 Å². The summed E-state index contributed by atoms with van der Waals surface area (Å²) in [4.78, 5) is 1.80. The van der Waals surface area contributed by atoms with Gasteiger partial charge in [0.15, 0.2) is 0 Å². The highest BCUT2D eigenvalue weighted by molar-refractivity contribution is 7.89. The van der Waals surface area contributed by atoms with Gasteiger partial charge in [-0.1, -0.05) is 0 Å². The van der Waals surface area contributed by atoms with Crippen molar-refractivity contribution in [2.45, 2.75) is 36.2 Å². The second-order valence-corrected chi connectivity index (χ2v) is 7.09. The minimum atomic E-state index is -3.86. The van der Waals surface area contributed by atoms with Gasteiger partial charge in [0.05, 0.1) is 10.6 Å². The van der Waals surface area contributed by atoms with Crippen molar-refractivity contribution in [3.8, 4) is 0 Å². The summed E-state index contributed by atoms with van der Waals surface area (Å²) in [5.74, 6) is -0.533. The first kappa shape index (κ1) is 13.8. The van der Waals surface area contributed by atoms with E-state index in [1.165, 1.54) is 18.6 Å². The SMILES string of the molecule is NS(=O)(=O)c1ccc(N2CCC3CCC(C2)N3)c(F)c1. The molecule has 0 amide bonds. The van der Waals surface area contributed by atoms with Gasteiger partial charge >= 0.3 is 0 Å². The predicted octanol–water partition coefficient (Wildman–Crippen LogP) is 0.804. The van der Waals surface area contributed by atoms with Crippen molar-refractivity contribution >= 4 is 15.7 Å². The Balaban J connectivity index is 1.87. The summed E-state index contributed by atoms with van der Waals surface area (Å²) in [7, 11) is -3.86. The van der Waals surface area contributed by atoms with Crippen molar-refractivity contribution in [1.82, 2.24) is 5.32 Å². The number of nitrogens with one attached hydrogen (secondary N) is 1. The van der Waals surface area contributed by atoms with E-state index in [4.69, 9.17) is 5.14 Å². The summed E-state index contributed by atoms with van der Waals surface area (Å²) in [5.41, 5.74) is 0.451. The second kappa shape index (κ2) is 4.98. The van der Waals surface area contributed by atoms with Crippen molar-refractivity contribution in [2.24, 2.45) is 5.14 Å². The Morgan fingerprint density at radius 1 is 1.25 bits per heavy atom. The number of rotatable bonds is 2. The van der Waals surface area contributed by atoms with Gasteiger partial charge in [-0.2, -0.15) is 0 Å². The fraction of sp³-hybridized carbons (Fsp3) is 0.538. The summed E-state index contributed by atoms with van der Waals surface area (Å²) in [6, 6.07) is 4.79. The molecular weight excluding hydrogens is 281 g/mol.